The monoisotopic (exact) mass is 243 g/mol. The van der Waals surface area contributed by atoms with Crippen molar-refractivity contribution in [1.29, 1.82) is 0 Å². The maximum atomic E-state index is 10.8. The summed E-state index contributed by atoms with van der Waals surface area (Å²) in [7, 11) is 0. The number of thiophene rings is 1. The zero-order chi connectivity index (χ0) is 11.2. The summed E-state index contributed by atoms with van der Waals surface area (Å²) in [6, 6.07) is 0. The van der Waals surface area contributed by atoms with E-state index in [1.165, 1.54) is 0 Å². The summed E-state index contributed by atoms with van der Waals surface area (Å²) in [5.74, 6) is -1.06. The fourth-order valence-corrected chi connectivity index (χ4v) is 2.36. The molecule has 2 aromatic rings. The van der Waals surface area contributed by atoms with Gasteiger partial charge in [-0.3, -0.25) is 0 Å². The van der Waals surface area contributed by atoms with Gasteiger partial charge in [-0.2, -0.15) is 0 Å². The lowest BCUT2D eigenvalue weighted by Crippen LogP contribution is -1.97. The molecule has 15 heavy (non-hydrogen) atoms. The molecule has 78 valence electrons. The number of carboxylic acids is 1. The first-order valence-corrected chi connectivity index (χ1v) is 5.16. The predicted octanol–water partition coefficient (Wildman–Crippen LogP) is 1.93. The molecule has 0 unspecified atom stereocenters. The number of carboxylic acid groups (broad SMARTS) is 1. The second-order valence-electron chi connectivity index (χ2n) is 2.95. The Kier molecular flexibility index (Phi) is 2.24. The Bertz CT molecular complexity index is 567. The van der Waals surface area contributed by atoms with Gasteiger partial charge in [-0.05, 0) is 6.92 Å². The van der Waals surface area contributed by atoms with Crippen LogP contribution in [0.2, 0.25) is 5.15 Å². The van der Waals surface area contributed by atoms with Crippen LogP contribution in [0.4, 0.5) is 5.69 Å². The van der Waals surface area contributed by atoms with E-state index < -0.39 is 5.97 Å². The molecule has 5 nitrogen and oxygen atoms in total. The van der Waals surface area contributed by atoms with E-state index in [4.69, 9.17) is 22.4 Å². The Morgan fingerprint density at radius 3 is 2.80 bits per heavy atom. The van der Waals surface area contributed by atoms with Crippen LogP contribution in [0.5, 0.6) is 0 Å². The fourth-order valence-electron chi connectivity index (χ4n) is 1.29. The Hall–Kier alpha value is -1.40. The molecule has 0 fully saturated rings. The highest BCUT2D eigenvalue weighted by Crippen LogP contribution is 2.35. The molecule has 0 aliphatic carbocycles. The summed E-state index contributed by atoms with van der Waals surface area (Å²) in [6.45, 7) is 1.73. The van der Waals surface area contributed by atoms with Gasteiger partial charge >= 0.3 is 5.97 Å². The number of halogens is 1. The number of hydrogen-bond donors (Lipinski definition) is 2. The van der Waals surface area contributed by atoms with Gasteiger partial charge < -0.3 is 10.8 Å². The molecule has 7 heteroatoms. The van der Waals surface area contributed by atoms with Crippen LogP contribution >= 0.6 is 22.9 Å². The van der Waals surface area contributed by atoms with Gasteiger partial charge in [0.25, 0.3) is 0 Å². The number of nitrogens with two attached hydrogens (primary N) is 1. The zero-order valence-corrected chi connectivity index (χ0v) is 9.19. The van der Waals surface area contributed by atoms with Crippen molar-refractivity contribution in [1.82, 2.24) is 10.2 Å². The fraction of sp³-hybridized carbons (Fsp3) is 0.125. The van der Waals surface area contributed by atoms with Crippen molar-refractivity contribution in [2.24, 2.45) is 0 Å². The number of fused-ring (bicyclic) bond motifs is 1. The number of nitrogen functional groups attached to an aromatic ring is 1. The minimum Gasteiger partial charge on any atom is -0.477 e. The molecule has 0 saturated heterocycles. The normalized spacial score (nSPS) is 10.8. The summed E-state index contributed by atoms with van der Waals surface area (Å²) >= 11 is 6.77. The van der Waals surface area contributed by atoms with Crippen LogP contribution < -0.4 is 5.73 Å². The summed E-state index contributed by atoms with van der Waals surface area (Å²) in [5, 5.41) is 17.2. The number of nitrogens with zero attached hydrogens (tertiary/aromatic N) is 2. The number of anilines is 1. The number of aromatic nitrogens is 2. The van der Waals surface area contributed by atoms with Crippen molar-refractivity contribution in [3.05, 3.63) is 15.6 Å². The molecule has 3 N–H and O–H groups in total. The van der Waals surface area contributed by atoms with Gasteiger partial charge in [0.1, 0.15) is 9.71 Å². The van der Waals surface area contributed by atoms with Gasteiger partial charge in [0, 0.05) is 10.9 Å². The topological polar surface area (TPSA) is 89.1 Å². The van der Waals surface area contributed by atoms with E-state index in [1.807, 2.05) is 0 Å². The summed E-state index contributed by atoms with van der Waals surface area (Å²) in [5.41, 5.74) is 6.57. The minimum absolute atomic E-state index is 0.0738. The highest BCUT2D eigenvalue weighted by atomic mass is 35.5. The van der Waals surface area contributed by atoms with Crippen molar-refractivity contribution in [2.75, 3.05) is 5.73 Å². The third-order valence-electron chi connectivity index (χ3n) is 2.03. The average Bonchev–Trinajstić information content (AvgIpc) is 2.50. The molecule has 0 aliphatic rings. The number of aromatic carboxylic acids is 1. The van der Waals surface area contributed by atoms with Crippen LogP contribution in [-0.4, -0.2) is 21.3 Å². The van der Waals surface area contributed by atoms with E-state index in [2.05, 4.69) is 10.2 Å². The molecule has 0 atom stereocenters. The van der Waals surface area contributed by atoms with Crippen molar-refractivity contribution in [2.45, 2.75) is 6.92 Å². The molecule has 0 aromatic carbocycles. The second kappa shape index (κ2) is 3.32. The lowest BCUT2D eigenvalue weighted by atomic mass is 10.2. The third-order valence-corrected chi connectivity index (χ3v) is 3.47. The standard InChI is InChI=1S/C8H6ClN3O2S/c1-2-3-4(10)5(8(13)14)15-7(3)12-11-6(2)9/h10H2,1H3,(H,13,14). The Balaban J connectivity index is 2.89. The molecule has 0 aliphatic heterocycles. The van der Waals surface area contributed by atoms with Crippen LogP contribution in [0.15, 0.2) is 0 Å². The molecule has 0 bridgehead atoms. The molecular weight excluding hydrogens is 238 g/mol. The van der Waals surface area contributed by atoms with Crippen LogP contribution in [0, 0.1) is 6.92 Å². The smallest absolute Gasteiger partial charge is 0.348 e. The van der Waals surface area contributed by atoms with Crippen molar-refractivity contribution in [3.8, 4) is 0 Å². The van der Waals surface area contributed by atoms with E-state index >= 15 is 0 Å². The van der Waals surface area contributed by atoms with Gasteiger partial charge in [0.05, 0.1) is 5.69 Å². The van der Waals surface area contributed by atoms with Gasteiger partial charge in [0.15, 0.2) is 5.15 Å². The molecule has 0 spiro atoms. The number of aryl methyl sites for hydroxylation is 1. The lowest BCUT2D eigenvalue weighted by Gasteiger charge is -1.98. The summed E-state index contributed by atoms with van der Waals surface area (Å²) < 4.78 is 0. The quantitative estimate of drug-likeness (QED) is 0.799. The van der Waals surface area contributed by atoms with Crippen LogP contribution in [0.25, 0.3) is 10.2 Å². The third kappa shape index (κ3) is 1.42. The SMILES string of the molecule is Cc1c(Cl)nnc2sc(C(=O)O)c(N)c12. The van der Waals surface area contributed by atoms with Crippen LogP contribution in [0.1, 0.15) is 15.2 Å². The van der Waals surface area contributed by atoms with E-state index in [0.717, 1.165) is 11.3 Å². The van der Waals surface area contributed by atoms with E-state index in [0.29, 0.717) is 15.8 Å². The number of carbonyl (C=O) groups is 1. The van der Waals surface area contributed by atoms with Gasteiger partial charge in [-0.25, -0.2) is 4.79 Å². The van der Waals surface area contributed by atoms with Gasteiger partial charge in [-0.1, -0.05) is 11.6 Å². The van der Waals surface area contributed by atoms with E-state index in [-0.39, 0.29) is 15.7 Å². The highest BCUT2D eigenvalue weighted by Gasteiger charge is 2.19. The van der Waals surface area contributed by atoms with Crippen LogP contribution in [0.3, 0.4) is 0 Å². The lowest BCUT2D eigenvalue weighted by molar-refractivity contribution is 0.0703. The first kappa shape index (κ1) is 10.1. The molecular formula is C8H6ClN3O2S. The minimum atomic E-state index is -1.06. The van der Waals surface area contributed by atoms with Gasteiger partial charge in [-0.15, -0.1) is 21.5 Å². The Labute approximate surface area is 93.5 Å². The van der Waals surface area contributed by atoms with E-state index in [9.17, 15) is 4.79 Å². The Morgan fingerprint density at radius 1 is 1.53 bits per heavy atom. The molecule has 0 amide bonds. The molecule has 0 saturated carbocycles. The molecule has 2 rings (SSSR count). The summed E-state index contributed by atoms with van der Waals surface area (Å²) in [4.78, 5) is 11.4. The average molecular weight is 244 g/mol. The first-order chi connectivity index (χ1) is 7.02. The summed E-state index contributed by atoms with van der Waals surface area (Å²) in [6.07, 6.45) is 0. The predicted molar refractivity (Wildman–Crippen MR) is 58.5 cm³/mol. The van der Waals surface area contributed by atoms with Crippen molar-refractivity contribution >= 4 is 44.8 Å². The first-order valence-electron chi connectivity index (χ1n) is 3.96. The molecule has 0 radical (unpaired) electrons. The number of rotatable bonds is 1. The van der Waals surface area contributed by atoms with Crippen molar-refractivity contribution < 1.29 is 9.90 Å². The highest BCUT2D eigenvalue weighted by molar-refractivity contribution is 7.21. The number of hydrogen-bond acceptors (Lipinski definition) is 5. The largest absolute Gasteiger partial charge is 0.477 e. The zero-order valence-electron chi connectivity index (χ0n) is 7.61. The van der Waals surface area contributed by atoms with Gasteiger partial charge in [0.2, 0.25) is 0 Å². The second-order valence-corrected chi connectivity index (χ2v) is 4.30. The van der Waals surface area contributed by atoms with Crippen molar-refractivity contribution in [3.63, 3.8) is 0 Å². The molecule has 2 heterocycles. The maximum Gasteiger partial charge on any atom is 0.348 e. The maximum absolute atomic E-state index is 10.8. The Morgan fingerprint density at radius 2 is 2.20 bits per heavy atom. The molecule has 2 aromatic heterocycles. The van der Waals surface area contributed by atoms with E-state index in [1.54, 1.807) is 6.92 Å². The van der Waals surface area contributed by atoms with Crippen LogP contribution in [-0.2, 0) is 0 Å².